The first kappa shape index (κ1) is 19.1. The van der Waals surface area contributed by atoms with E-state index in [-0.39, 0.29) is 12.4 Å². The van der Waals surface area contributed by atoms with Gasteiger partial charge in [0.1, 0.15) is 5.75 Å². The smallest absolute Gasteiger partial charge is 0.144 e. The van der Waals surface area contributed by atoms with Gasteiger partial charge in [0.2, 0.25) is 0 Å². The maximum atomic E-state index is 5.51. The number of hydrogen-bond acceptors (Lipinski definition) is 2. The molecule has 25 heavy (non-hydrogen) atoms. The Hall–Kier alpha value is -2.20. The van der Waals surface area contributed by atoms with Crippen LogP contribution in [0.25, 0.3) is 17.5 Å². The Bertz CT molecular complexity index is 782. The maximum Gasteiger partial charge on any atom is 0.144 e. The molecule has 2 aromatic heterocycles. The molecular weight excluding hydrogens is 334 g/mol. The highest BCUT2D eigenvalue weighted by atomic mass is 35.5. The van der Waals surface area contributed by atoms with Crippen LogP contribution in [0.1, 0.15) is 45.2 Å². The van der Waals surface area contributed by atoms with Gasteiger partial charge in [-0.3, -0.25) is 4.99 Å². The van der Waals surface area contributed by atoms with E-state index in [0.29, 0.717) is 0 Å². The van der Waals surface area contributed by atoms with E-state index in [2.05, 4.69) is 36.0 Å². The van der Waals surface area contributed by atoms with Crippen molar-refractivity contribution in [3.05, 3.63) is 47.4 Å². The third-order valence-corrected chi connectivity index (χ3v) is 4.34. The van der Waals surface area contributed by atoms with Gasteiger partial charge in [0, 0.05) is 18.0 Å². The van der Waals surface area contributed by atoms with E-state index in [0.717, 1.165) is 40.7 Å². The number of nitrogens with one attached hydrogen (secondary N) is 2. The molecule has 0 atom stereocenters. The van der Waals surface area contributed by atoms with E-state index in [9.17, 15) is 0 Å². The number of H-pyrrole nitrogens is 2. The summed E-state index contributed by atoms with van der Waals surface area (Å²) in [5, 5.41) is 0. The van der Waals surface area contributed by atoms with Gasteiger partial charge in [-0.05, 0) is 49.6 Å². The number of aliphatic imine (C=N–C) groups is 1. The molecule has 2 N–H and O–H groups in total. The molecule has 4 nitrogen and oxygen atoms in total. The monoisotopic (exact) mass is 359 g/mol. The predicted molar refractivity (Wildman–Crippen MR) is 108 cm³/mol. The zero-order chi connectivity index (χ0) is 16.9. The average Bonchev–Trinajstić information content (AvgIpc) is 3.28. The first-order chi connectivity index (χ1) is 11.7. The minimum Gasteiger partial charge on any atom is -0.494 e. The molecule has 0 saturated carbocycles. The first-order valence-electron chi connectivity index (χ1n) is 8.60. The Morgan fingerprint density at radius 3 is 2.76 bits per heavy atom. The minimum atomic E-state index is 0. The predicted octanol–water partition coefficient (Wildman–Crippen LogP) is 5.76. The number of aromatic amines is 2. The summed E-state index contributed by atoms with van der Waals surface area (Å²) in [7, 11) is 1.69. The summed E-state index contributed by atoms with van der Waals surface area (Å²) in [4.78, 5) is 11.3. The van der Waals surface area contributed by atoms with E-state index in [1.165, 1.54) is 24.8 Å². The van der Waals surface area contributed by atoms with Gasteiger partial charge in [0.15, 0.2) is 0 Å². The fourth-order valence-corrected chi connectivity index (χ4v) is 2.99. The number of halogens is 1. The van der Waals surface area contributed by atoms with Gasteiger partial charge in [-0.2, -0.15) is 0 Å². The molecule has 0 spiro atoms. The van der Waals surface area contributed by atoms with Crippen LogP contribution in [0.2, 0.25) is 0 Å². The molecule has 0 unspecified atom stereocenters. The Balaban J connectivity index is 0.00000225. The SMILES string of the molecule is CCCCCC1=CC(=Cc2[nH]c(-c3ccc[nH]3)cc2OC)N=C1C.Cl. The lowest BCUT2D eigenvalue weighted by atomic mass is 10.0. The highest BCUT2D eigenvalue weighted by Gasteiger charge is 2.13. The van der Waals surface area contributed by atoms with Crippen LogP contribution < -0.4 is 4.74 Å². The van der Waals surface area contributed by atoms with Gasteiger partial charge in [0.25, 0.3) is 0 Å². The average molecular weight is 360 g/mol. The third-order valence-electron chi connectivity index (χ3n) is 4.34. The minimum absolute atomic E-state index is 0. The first-order valence-corrected chi connectivity index (χ1v) is 8.60. The number of rotatable bonds is 7. The number of allylic oxidation sites excluding steroid dienone is 2. The lowest BCUT2D eigenvalue weighted by molar-refractivity contribution is 0.414. The van der Waals surface area contributed by atoms with Crippen LogP contribution in [0.3, 0.4) is 0 Å². The molecule has 0 bridgehead atoms. The van der Waals surface area contributed by atoms with Gasteiger partial charge >= 0.3 is 0 Å². The number of ether oxygens (including phenoxy) is 1. The second-order valence-corrected chi connectivity index (χ2v) is 6.14. The normalized spacial score (nSPS) is 15.1. The summed E-state index contributed by atoms with van der Waals surface area (Å²) in [6, 6.07) is 6.03. The van der Waals surface area contributed by atoms with Gasteiger partial charge < -0.3 is 14.7 Å². The van der Waals surface area contributed by atoms with E-state index >= 15 is 0 Å². The summed E-state index contributed by atoms with van der Waals surface area (Å²) in [5.74, 6) is 0.827. The molecule has 0 amide bonds. The van der Waals surface area contributed by atoms with Crippen molar-refractivity contribution in [3.63, 3.8) is 0 Å². The van der Waals surface area contributed by atoms with Crippen LogP contribution in [0.15, 0.2) is 46.7 Å². The lowest BCUT2D eigenvalue weighted by Gasteiger charge is -2.00. The molecule has 5 heteroatoms. The summed E-state index contributed by atoms with van der Waals surface area (Å²) in [6.07, 6.45) is 11.0. The van der Waals surface area contributed by atoms with Crippen LogP contribution in [0.5, 0.6) is 5.75 Å². The quantitative estimate of drug-likeness (QED) is 0.606. The molecule has 0 aliphatic carbocycles. The molecule has 0 fully saturated rings. The number of unbranched alkanes of at least 4 members (excludes halogenated alkanes) is 2. The standard InChI is InChI=1S/C20H25N3O.ClH/c1-4-5-6-8-15-11-16(22-14(15)2)12-19-20(24-3)13-18(23-19)17-9-7-10-21-17;/h7,9-13,21,23H,4-6,8H2,1-3H3;1H. The molecule has 0 aromatic carbocycles. The van der Waals surface area contributed by atoms with Gasteiger partial charge in [-0.25, -0.2) is 0 Å². The molecule has 3 heterocycles. The number of methoxy groups -OCH3 is 1. The Morgan fingerprint density at radius 2 is 2.08 bits per heavy atom. The van der Waals surface area contributed by atoms with Crippen molar-refractivity contribution in [2.45, 2.75) is 39.5 Å². The highest BCUT2D eigenvalue weighted by molar-refractivity contribution is 6.02. The largest absolute Gasteiger partial charge is 0.494 e. The van der Waals surface area contributed by atoms with E-state index in [1.807, 2.05) is 24.4 Å². The van der Waals surface area contributed by atoms with Crippen molar-refractivity contribution in [2.75, 3.05) is 7.11 Å². The molecule has 134 valence electrons. The summed E-state index contributed by atoms with van der Waals surface area (Å²) < 4.78 is 5.51. The van der Waals surface area contributed by atoms with Gasteiger partial charge in [0.05, 0.1) is 29.9 Å². The van der Waals surface area contributed by atoms with E-state index < -0.39 is 0 Å². The summed E-state index contributed by atoms with van der Waals surface area (Å²) >= 11 is 0. The number of aromatic nitrogens is 2. The molecule has 2 aromatic rings. The second kappa shape index (κ2) is 8.77. The zero-order valence-electron chi connectivity index (χ0n) is 15.1. The van der Waals surface area contributed by atoms with E-state index in [4.69, 9.17) is 9.73 Å². The Morgan fingerprint density at radius 1 is 1.24 bits per heavy atom. The fraction of sp³-hybridized carbons (Fsp3) is 0.350. The van der Waals surface area contributed by atoms with Crippen LogP contribution >= 0.6 is 12.4 Å². The maximum absolute atomic E-state index is 5.51. The second-order valence-electron chi connectivity index (χ2n) is 6.14. The zero-order valence-corrected chi connectivity index (χ0v) is 15.9. The third kappa shape index (κ3) is 4.45. The molecule has 0 saturated heterocycles. The van der Waals surface area contributed by atoms with Crippen molar-refractivity contribution >= 4 is 24.2 Å². The molecule has 3 rings (SSSR count). The molecule has 0 radical (unpaired) electrons. The Labute approximate surface area is 155 Å². The van der Waals surface area contributed by atoms with Gasteiger partial charge in [-0.1, -0.05) is 19.8 Å². The molecule has 1 aliphatic rings. The van der Waals surface area contributed by atoms with Crippen molar-refractivity contribution in [1.82, 2.24) is 9.97 Å². The van der Waals surface area contributed by atoms with Crippen LogP contribution in [-0.4, -0.2) is 22.8 Å². The fourth-order valence-electron chi connectivity index (χ4n) is 2.99. The van der Waals surface area contributed by atoms with Crippen molar-refractivity contribution < 1.29 is 4.74 Å². The topological polar surface area (TPSA) is 53.2 Å². The van der Waals surface area contributed by atoms with Crippen LogP contribution in [0.4, 0.5) is 0 Å². The van der Waals surface area contributed by atoms with Crippen molar-refractivity contribution in [3.8, 4) is 17.1 Å². The lowest BCUT2D eigenvalue weighted by Crippen LogP contribution is -1.92. The van der Waals surface area contributed by atoms with Crippen LogP contribution in [-0.2, 0) is 0 Å². The molecular formula is C20H26ClN3O. The number of nitrogens with zero attached hydrogens (tertiary/aromatic N) is 1. The van der Waals surface area contributed by atoms with Gasteiger partial charge in [-0.15, -0.1) is 12.4 Å². The number of hydrogen-bond donors (Lipinski definition) is 2. The molecule has 1 aliphatic heterocycles. The van der Waals surface area contributed by atoms with E-state index in [1.54, 1.807) is 7.11 Å². The summed E-state index contributed by atoms with van der Waals surface area (Å²) in [6.45, 7) is 4.32. The van der Waals surface area contributed by atoms with Crippen LogP contribution in [0, 0.1) is 0 Å². The Kier molecular flexibility index (Phi) is 6.71. The van der Waals surface area contributed by atoms with Crippen molar-refractivity contribution in [1.29, 1.82) is 0 Å². The summed E-state index contributed by atoms with van der Waals surface area (Å²) in [5.41, 5.74) is 6.46. The van der Waals surface area contributed by atoms with Crippen molar-refractivity contribution in [2.24, 2.45) is 4.99 Å². The highest BCUT2D eigenvalue weighted by Crippen LogP contribution is 2.30.